The van der Waals surface area contributed by atoms with Crippen molar-refractivity contribution in [1.82, 2.24) is 5.32 Å². The van der Waals surface area contributed by atoms with Gasteiger partial charge in [0.05, 0.1) is 0 Å². The van der Waals surface area contributed by atoms with Gasteiger partial charge in [0, 0.05) is 13.0 Å². The zero-order valence-electron chi connectivity index (χ0n) is 11.2. The summed E-state index contributed by atoms with van der Waals surface area (Å²) in [5.41, 5.74) is 4.59. The van der Waals surface area contributed by atoms with Crippen LogP contribution in [0.5, 0.6) is 0 Å². The van der Waals surface area contributed by atoms with Gasteiger partial charge in [0.15, 0.2) is 5.84 Å². The van der Waals surface area contributed by atoms with Crippen LogP contribution in [0.3, 0.4) is 0 Å². The molecule has 0 aromatic heterocycles. The Morgan fingerprint density at radius 3 is 2.40 bits per heavy atom. The zero-order valence-corrected chi connectivity index (χ0v) is 11.2. The second-order valence-corrected chi connectivity index (χ2v) is 5.10. The van der Waals surface area contributed by atoms with E-state index in [1.54, 1.807) is 0 Å². The van der Waals surface area contributed by atoms with Gasteiger partial charge in [-0.05, 0) is 25.7 Å². The number of nitrogens with one attached hydrogen (secondary N) is 1. The number of alkyl halides is 3. The van der Waals surface area contributed by atoms with Crippen LogP contribution in [-0.2, 0) is 4.79 Å². The Labute approximate surface area is 115 Å². The van der Waals surface area contributed by atoms with Gasteiger partial charge < -0.3 is 16.3 Å². The molecule has 1 aliphatic carbocycles. The molecule has 0 aliphatic heterocycles. The lowest BCUT2D eigenvalue weighted by Gasteiger charge is -2.25. The van der Waals surface area contributed by atoms with Gasteiger partial charge in [0.2, 0.25) is 5.91 Å². The minimum Gasteiger partial charge on any atom is -0.409 e. The van der Waals surface area contributed by atoms with Crippen molar-refractivity contribution >= 4 is 11.7 Å². The van der Waals surface area contributed by atoms with Crippen molar-refractivity contribution in [3.8, 4) is 0 Å². The number of hydrogen-bond acceptors (Lipinski definition) is 3. The predicted octanol–water partition coefficient (Wildman–Crippen LogP) is 2.14. The first-order valence-electron chi connectivity index (χ1n) is 6.65. The first-order chi connectivity index (χ1) is 9.32. The van der Waals surface area contributed by atoms with Crippen LogP contribution in [-0.4, -0.2) is 29.7 Å². The molecule has 4 N–H and O–H groups in total. The lowest BCUT2D eigenvalue weighted by Crippen LogP contribution is -2.48. The summed E-state index contributed by atoms with van der Waals surface area (Å²) in [7, 11) is 0. The summed E-state index contributed by atoms with van der Waals surface area (Å²) < 4.78 is 35.9. The highest BCUT2D eigenvalue weighted by Crippen LogP contribution is 2.38. The highest BCUT2D eigenvalue weighted by atomic mass is 19.4. The van der Waals surface area contributed by atoms with Crippen molar-refractivity contribution in [2.75, 3.05) is 6.54 Å². The molecule has 1 rings (SSSR count). The topological polar surface area (TPSA) is 87.7 Å². The Kier molecular flexibility index (Phi) is 5.64. The van der Waals surface area contributed by atoms with Crippen molar-refractivity contribution in [3.63, 3.8) is 0 Å². The third kappa shape index (κ3) is 4.28. The average molecular weight is 295 g/mol. The van der Waals surface area contributed by atoms with Gasteiger partial charge >= 0.3 is 6.18 Å². The Balaban J connectivity index is 2.41. The molecule has 0 aromatic rings. The second-order valence-electron chi connectivity index (χ2n) is 5.10. The minimum absolute atomic E-state index is 0.0274. The van der Waals surface area contributed by atoms with Crippen molar-refractivity contribution in [2.24, 2.45) is 16.3 Å². The summed E-state index contributed by atoms with van der Waals surface area (Å²) >= 11 is 0. The van der Waals surface area contributed by atoms with Crippen molar-refractivity contribution in [3.05, 3.63) is 0 Å². The van der Waals surface area contributed by atoms with E-state index in [0.29, 0.717) is 12.8 Å². The fourth-order valence-corrected chi connectivity index (χ4v) is 2.50. The molecule has 0 atom stereocenters. The summed E-state index contributed by atoms with van der Waals surface area (Å²) in [5.74, 6) is -0.486. The first-order valence-corrected chi connectivity index (χ1v) is 6.65. The summed E-state index contributed by atoms with van der Waals surface area (Å²) in [5, 5.41) is 14.3. The van der Waals surface area contributed by atoms with E-state index in [-0.39, 0.29) is 31.1 Å². The van der Waals surface area contributed by atoms with Crippen LogP contribution in [0.2, 0.25) is 0 Å². The van der Waals surface area contributed by atoms with Crippen molar-refractivity contribution in [2.45, 2.75) is 51.1 Å². The number of nitrogens with two attached hydrogens (primary N) is 1. The Morgan fingerprint density at radius 1 is 1.30 bits per heavy atom. The van der Waals surface area contributed by atoms with E-state index in [1.807, 2.05) is 0 Å². The van der Waals surface area contributed by atoms with Gasteiger partial charge in [-0.25, -0.2) is 0 Å². The van der Waals surface area contributed by atoms with Gasteiger partial charge in [-0.15, -0.1) is 0 Å². The monoisotopic (exact) mass is 295 g/mol. The van der Waals surface area contributed by atoms with Gasteiger partial charge in [0.1, 0.15) is 5.41 Å². The van der Waals surface area contributed by atoms with Gasteiger partial charge in [-0.2, -0.15) is 13.2 Å². The molecular weight excluding hydrogens is 275 g/mol. The van der Waals surface area contributed by atoms with Crippen LogP contribution in [0.4, 0.5) is 13.2 Å². The van der Waals surface area contributed by atoms with Gasteiger partial charge in [-0.3, -0.25) is 4.79 Å². The van der Waals surface area contributed by atoms with Crippen LogP contribution in [0.1, 0.15) is 44.9 Å². The smallest absolute Gasteiger partial charge is 0.389 e. The number of oxime groups is 1. The van der Waals surface area contributed by atoms with Crippen LogP contribution in [0, 0.1) is 5.41 Å². The number of amides is 1. The van der Waals surface area contributed by atoms with Gasteiger partial charge in [0.25, 0.3) is 0 Å². The number of rotatable bonds is 6. The molecule has 0 spiro atoms. The SMILES string of the molecule is NC(=NO)C1(C(=O)NCCCCC(F)(F)F)CCCC1. The van der Waals surface area contributed by atoms with E-state index in [0.717, 1.165) is 12.8 Å². The molecule has 1 aliphatic rings. The van der Waals surface area contributed by atoms with Gasteiger partial charge in [-0.1, -0.05) is 18.0 Å². The third-order valence-electron chi connectivity index (χ3n) is 3.66. The number of carbonyl (C=O) groups excluding carboxylic acids is 1. The van der Waals surface area contributed by atoms with E-state index >= 15 is 0 Å². The number of halogens is 3. The zero-order chi connectivity index (χ0) is 15.2. The molecule has 0 bridgehead atoms. The molecule has 0 unspecified atom stereocenters. The standard InChI is InChI=1S/C12H20F3N3O2/c13-12(14,15)7-3-4-8-17-10(19)11(9(16)18-20)5-1-2-6-11/h20H,1-8H2,(H2,16,18)(H,17,19). The normalized spacial score (nSPS) is 19.1. The highest BCUT2D eigenvalue weighted by Gasteiger charge is 2.45. The number of hydrogen-bond donors (Lipinski definition) is 3. The quantitative estimate of drug-likeness (QED) is 0.231. The molecule has 1 fully saturated rings. The summed E-state index contributed by atoms with van der Waals surface area (Å²) in [6, 6.07) is 0. The largest absolute Gasteiger partial charge is 0.409 e. The molecule has 0 radical (unpaired) electrons. The van der Waals surface area contributed by atoms with Crippen molar-refractivity contribution in [1.29, 1.82) is 0 Å². The molecule has 0 heterocycles. The molecule has 20 heavy (non-hydrogen) atoms. The maximum atomic E-state index is 12.1. The third-order valence-corrected chi connectivity index (χ3v) is 3.66. The number of nitrogens with zero attached hydrogens (tertiary/aromatic N) is 1. The first kappa shape index (κ1) is 16.6. The van der Waals surface area contributed by atoms with Crippen molar-refractivity contribution < 1.29 is 23.2 Å². The average Bonchev–Trinajstić information content (AvgIpc) is 2.86. The highest BCUT2D eigenvalue weighted by molar-refractivity contribution is 6.07. The summed E-state index contributed by atoms with van der Waals surface area (Å²) in [6.07, 6.45) is -2.19. The molecule has 1 amide bonds. The van der Waals surface area contributed by atoms with E-state index in [1.165, 1.54) is 0 Å². The summed E-state index contributed by atoms with van der Waals surface area (Å²) in [4.78, 5) is 12.1. The van der Waals surface area contributed by atoms with Crippen LogP contribution in [0.25, 0.3) is 0 Å². The lowest BCUT2D eigenvalue weighted by molar-refractivity contribution is -0.135. The lowest BCUT2D eigenvalue weighted by atomic mass is 9.84. The Bertz CT molecular complexity index is 363. The fourth-order valence-electron chi connectivity index (χ4n) is 2.50. The van der Waals surface area contributed by atoms with E-state index in [4.69, 9.17) is 10.9 Å². The second kappa shape index (κ2) is 6.81. The minimum atomic E-state index is -4.16. The maximum Gasteiger partial charge on any atom is 0.389 e. The Hall–Kier alpha value is -1.47. The van der Waals surface area contributed by atoms with E-state index in [2.05, 4.69) is 10.5 Å². The summed E-state index contributed by atoms with van der Waals surface area (Å²) in [6.45, 7) is 0.162. The molecule has 0 aromatic carbocycles. The molecular formula is C12H20F3N3O2. The molecule has 116 valence electrons. The molecule has 5 nitrogen and oxygen atoms in total. The van der Waals surface area contributed by atoms with Crippen LogP contribution in [0.15, 0.2) is 5.16 Å². The van der Waals surface area contributed by atoms with E-state index in [9.17, 15) is 18.0 Å². The number of carbonyl (C=O) groups is 1. The Morgan fingerprint density at radius 2 is 1.90 bits per heavy atom. The van der Waals surface area contributed by atoms with Crippen LogP contribution >= 0.6 is 0 Å². The number of unbranched alkanes of at least 4 members (excludes halogenated alkanes) is 1. The predicted molar refractivity (Wildman–Crippen MR) is 67.2 cm³/mol. The maximum absolute atomic E-state index is 12.1. The molecule has 8 heteroatoms. The molecule has 0 saturated heterocycles. The fraction of sp³-hybridized carbons (Fsp3) is 0.833. The van der Waals surface area contributed by atoms with Crippen LogP contribution < -0.4 is 11.1 Å². The van der Waals surface area contributed by atoms with E-state index < -0.39 is 18.0 Å². The molecule has 1 saturated carbocycles. The number of amidine groups is 1.